The number of rotatable bonds is 6. The monoisotopic (exact) mass is 287 g/mol. The van der Waals surface area contributed by atoms with Crippen LogP contribution in [0.25, 0.3) is 0 Å². The van der Waals surface area contributed by atoms with Gasteiger partial charge in [-0.05, 0) is 30.5 Å². The van der Waals surface area contributed by atoms with Gasteiger partial charge in [-0.25, -0.2) is 4.98 Å². The van der Waals surface area contributed by atoms with Crippen molar-refractivity contribution in [3.63, 3.8) is 0 Å². The third-order valence-electron chi connectivity index (χ3n) is 3.20. The summed E-state index contributed by atoms with van der Waals surface area (Å²) in [5.41, 5.74) is 0.668. The normalized spacial score (nSPS) is 12.2. The van der Waals surface area contributed by atoms with Gasteiger partial charge in [0.15, 0.2) is 0 Å². The van der Waals surface area contributed by atoms with Gasteiger partial charge < -0.3 is 14.6 Å². The molecule has 0 radical (unpaired) electrons. The number of amides is 1. The van der Waals surface area contributed by atoms with Gasteiger partial charge in [-0.15, -0.1) is 0 Å². The summed E-state index contributed by atoms with van der Waals surface area (Å²) < 4.78 is 6.94. The Labute approximate surface area is 125 Å². The first-order valence-corrected chi connectivity index (χ1v) is 7.03. The number of pyridine rings is 1. The zero-order valence-electron chi connectivity index (χ0n) is 12.6. The average molecular weight is 287 g/mol. The van der Waals surface area contributed by atoms with Crippen LogP contribution in [0.15, 0.2) is 42.9 Å². The zero-order chi connectivity index (χ0) is 15.2. The highest BCUT2D eigenvalue weighted by molar-refractivity contribution is 5.93. The lowest BCUT2D eigenvalue weighted by molar-refractivity contribution is -0.119. The van der Waals surface area contributed by atoms with Crippen LogP contribution in [-0.4, -0.2) is 22.6 Å². The van der Waals surface area contributed by atoms with E-state index in [1.807, 2.05) is 29.1 Å². The van der Waals surface area contributed by atoms with Gasteiger partial charge >= 0.3 is 0 Å². The van der Waals surface area contributed by atoms with E-state index in [-0.39, 0.29) is 11.9 Å². The van der Waals surface area contributed by atoms with Crippen LogP contribution in [0.4, 0.5) is 5.69 Å². The topological polar surface area (TPSA) is 56.1 Å². The van der Waals surface area contributed by atoms with E-state index in [0.29, 0.717) is 17.5 Å². The minimum atomic E-state index is -0.220. The first kappa shape index (κ1) is 15.1. The fourth-order valence-electron chi connectivity index (χ4n) is 2.17. The van der Waals surface area contributed by atoms with Gasteiger partial charge in [0.1, 0.15) is 6.04 Å². The summed E-state index contributed by atoms with van der Waals surface area (Å²) in [6, 6.07) is 7.14. The third-order valence-corrected chi connectivity index (χ3v) is 3.20. The Balaban J connectivity index is 2.10. The molecule has 0 aliphatic heterocycles. The molecule has 0 aromatic carbocycles. The Morgan fingerprint density at radius 1 is 1.33 bits per heavy atom. The number of carbonyl (C=O) groups excluding carboxylic acids is 1. The number of ether oxygens (including phenoxy) is 1. The fourth-order valence-corrected chi connectivity index (χ4v) is 2.17. The van der Waals surface area contributed by atoms with Gasteiger partial charge in [-0.2, -0.15) is 0 Å². The summed E-state index contributed by atoms with van der Waals surface area (Å²) in [5, 5.41) is 2.91. The van der Waals surface area contributed by atoms with E-state index in [1.165, 1.54) is 0 Å². The lowest BCUT2D eigenvalue weighted by Gasteiger charge is -2.20. The van der Waals surface area contributed by atoms with E-state index in [2.05, 4.69) is 24.1 Å². The molecule has 112 valence electrons. The molecular formula is C16H21N3O2. The van der Waals surface area contributed by atoms with Crippen LogP contribution >= 0.6 is 0 Å². The smallest absolute Gasteiger partial charge is 0.247 e. The summed E-state index contributed by atoms with van der Waals surface area (Å²) in [5.74, 6) is 0.918. The van der Waals surface area contributed by atoms with Crippen LogP contribution in [0.2, 0.25) is 0 Å². The molecule has 21 heavy (non-hydrogen) atoms. The van der Waals surface area contributed by atoms with Crippen LogP contribution in [0, 0.1) is 5.92 Å². The van der Waals surface area contributed by atoms with Crippen molar-refractivity contribution in [2.24, 2.45) is 5.92 Å². The van der Waals surface area contributed by atoms with Gasteiger partial charge in [-0.3, -0.25) is 4.79 Å². The van der Waals surface area contributed by atoms with Crippen molar-refractivity contribution in [2.45, 2.75) is 26.3 Å². The number of methoxy groups -OCH3 is 1. The summed E-state index contributed by atoms with van der Waals surface area (Å²) in [7, 11) is 1.56. The number of hydrogen-bond donors (Lipinski definition) is 1. The quantitative estimate of drug-likeness (QED) is 0.888. The van der Waals surface area contributed by atoms with Crippen molar-refractivity contribution >= 4 is 11.6 Å². The molecule has 0 bridgehead atoms. The standard InChI is InChI=1S/C16H21N3O2/c1-12(2)10-14(19-8-4-5-9-19)16(20)18-13-6-7-15(21-3)17-11-13/h4-9,11-12,14H,10H2,1-3H3,(H,18,20). The molecule has 5 nitrogen and oxygen atoms in total. The van der Waals surface area contributed by atoms with Gasteiger partial charge in [-0.1, -0.05) is 13.8 Å². The second-order valence-electron chi connectivity index (χ2n) is 5.35. The summed E-state index contributed by atoms with van der Waals surface area (Å²) in [4.78, 5) is 16.6. The summed E-state index contributed by atoms with van der Waals surface area (Å²) in [6.45, 7) is 4.22. The van der Waals surface area contributed by atoms with Crippen molar-refractivity contribution in [3.05, 3.63) is 42.9 Å². The Bertz CT molecular complexity index is 562. The molecule has 5 heteroatoms. The summed E-state index contributed by atoms with van der Waals surface area (Å²) in [6.07, 6.45) is 6.21. The number of anilines is 1. The Morgan fingerprint density at radius 2 is 2.05 bits per heavy atom. The van der Waals surface area contributed by atoms with Crippen LogP contribution in [0.3, 0.4) is 0 Å². The molecule has 2 rings (SSSR count). The number of carbonyl (C=O) groups is 1. The zero-order valence-corrected chi connectivity index (χ0v) is 12.6. The first-order valence-electron chi connectivity index (χ1n) is 7.03. The minimum Gasteiger partial charge on any atom is -0.481 e. The van der Waals surface area contributed by atoms with Gasteiger partial charge in [0, 0.05) is 18.5 Å². The second kappa shape index (κ2) is 6.92. The number of hydrogen-bond acceptors (Lipinski definition) is 3. The maximum absolute atomic E-state index is 12.5. The second-order valence-corrected chi connectivity index (χ2v) is 5.35. The molecule has 0 saturated carbocycles. The molecule has 0 fully saturated rings. The van der Waals surface area contributed by atoms with Crippen molar-refractivity contribution < 1.29 is 9.53 Å². The number of nitrogens with zero attached hydrogens (tertiary/aromatic N) is 2. The Kier molecular flexibility index (Phi) is 4.98. The maximum atomic E-state index is 12.5. The van der Waals surface area contributed by atoms with E-state index >= 15 is 0 Å². The SMILES string of the molecule is COc1ccc(NC(=O)C(CC(C)C)n2cccc2)cn1. The fraction of sp³-hybridized carbons (Fsp3) is 0.375. The van der Waals surface area contributed by atoms with Crippen LogP contribution in [-0.2, 0) is 4.79 Å². The van der Waals surface area contributed by atoms with Crippen LogP contribution in [0.5, 0.6) is 5.88 Å². The van der Waals surface area contributed by atoms with Crippen LogP contribution < -0.4 is 10.1 Å². The predicted octanol–water partition coefficient (Wildman–Crippen LogP) is 3.12. The average Bonchev–Trinajstić information content (AvgIpc) is 2.99. The number of aromatic nitrogens is 2. The molecule has 0 saturated heterocycles. The van der Waals surface area contributed by atoms with E-state index in [1.54, 1.807) is 25.4 Å². The Morgan fingerprint density at radius 3 is 2.57 bits per heavy atom. The molecule has 2 aromatic rings. The predicted molar refractivity (Wildman–Crippen MR) is 82.3 cm³/mol. The van der Waals surface area contributed by atoms with Crippen molar-refractivity contribution in [1.82, 2.24) is 9.55 Å². The number of nitrogens with one attached hydrogen (secondary N) is 1. The first-order chi connectivity index (χ1) is 10.1. The van der Waals surface area contributed by atoms with Crippen molar-refractivity contribution in [2.75, 3.05) is 12.4 Å². The van der Waals surface area contributed by atoms with Gasteiger partial charge in [0.2, 0.25) is 11.8 Å². The molecule has 1 atom stereocenters. The molecule has 2 heterocycles. The molecule has 1 amide bonds. The van der Waals surface area contributed by atoms with E-state index in [9.17, 15) is 4.79 Å². The molecular weight excluding hydrogens is 266 g/mol. The van der Waals surface area contributed by atoms with E-state index < -0.39 is 0 Å². The van der Waals surface area contributed by atoms with Gasteiger partial charge in [0.25, 0.3) is 0 Å². The van der Waals surface area contributed by atoms with E-state index in [0.717, 1.165) is 6.42 Å². The molecule has 0 aliphatic rings. The lowest BCUT2D eigenvalue weighted by atomic mass is 10.0. The van der Waals surface area contributed by atoms with Crippen LogP contribution in [0.1, 0.15) is 26.3 Å². The lowest BCUT2D eigenvalue weighted by Crippen LogP contribution is -2.26. The Hall–Kier alpha value is -2.30. The highest BCUT2D eigenvalue weighted by Gasteiger charge is 2.21. The molecule has 0 spiro atoms. The molecule has 1 unspecified atom stereocenters. The highest BCUT2D eigenvalue weighted by Crippen LogP contribution is 2.20. The maximum Gasteiger partial charge on any atom is 0.247 e. The van der Waals surface area contributed by atoms with Gasteiger partial charge in [0.05, 0.1) is 19.0 Å². The molecule has 1 N–H and O–H groups in total. The molecule has 2 aromatic heterocycles. The van der Waals surface area contributed by atoms with E-state index in [4.69, 9.17) is 4.74 Å². The highest BCUT2D eigenvalue weighted by atomic mass is 16.5. The van der Waals surface area contributed by atoms with Crippen molar-refractivity contribution in [3.8, 4) is 5.88 Å². The largest absolute Gasteiger partial charge is 0.481 e. The summed E-state index contributed by atoms with van der Waals surface area (Å²) >= 11 is 0. The molecule has 0 aliphatic carbocycles. The third kappa shape index (κ3) is 4.08. The minimum absolute atomic E-state index is 0.0353. The van der Waals surface area contributed by atoms with Crippen molar-refractivity contribution in [1.29, 1.82) is 0 Å².